The van der Waals surface area contributed by atoms with Crippen molar-refractivity contribution in [3.63, 3.8) is 0 Å². The summed E-state index contributed by atoms with van der Waals surface area (Å²) in [5.74, 6) is 1.37. The van der Waals surface area contributed by atoms with Crippen LogP contribution < -0.4 is 9.46 Å². The van der Waals surface area contributed by atoms with Gasteiger partial charge in [-0.05, 0) is 58.4 Å². The number of aromatic nitrogens is 1. The zero-order valence-electron chi connectivity index (χ0n) is 13.8. The van der Waals surface area contributed by atoms with E-state index in [-0.39, 0.29) is 17.5 Å². The van der Waals surface area contributed by atoms with Gasteiger partial charge in [0.05, 0.1) is 16.7 Å². The molecule has 1 aromatic carbocycles. The van der Waals surface area contributed by atoms with Gasteiger partial charge in [-0.25, -0.2) is 13.1 Å². The summed E-state index contributed by atoms with van der Waals surface area (Å²) < 4.78 is 37.7. The van der Waals surface area contributed by atoms with Crippen LogP contribution in [0.5, 0.6) is 5.75 Å². The molecular weight excluding hydrogens is 316 g/mol. The average molecular weight is 338 g/mol. The number of rotatable bonds is 7. The minimum atomic E-state index is -3.54. The summed E-state index contributed by atoms with van der Waals surface area (Å²) in [6.07, 6.45) is 0.584. The number of aryl methyl sites for hydroxylation is 2. The first-order valence-corrected chi connectivity index (χ1v) is 8.96. The predicted octanol–water partition coefficient (Wildman–Crippen LogP) is 2.60. The van der Waals surface area contributed by atoms with E-state index in [1.54, 1.807) is 12.1 Å². The van der Waals surface area contributed by atoms with E-state index in [2.05, 4.69) is 9.88 Å². The van der Waals surface area contributed by atoms with Gasteiger partial charge in [-0.2, -0.15) is 0 Å². The van der Waals surface area contributed by atoms with Crippen molar-refractivity contribution in [1.82, 2.24) is 9.88 Å². The molecule has 0 aliphatic rings. The van der Waals surface area contributed by atoms with Crippen molar-refractivity contribution in [1.29, 1.82) is 0 Å². The summed E-state index contributed by atoms with van der Waals surface area (Å²) in [5, 5.41) is 3.86. The Bertz CT molecular complexity index is 729. The van der Waals surface area contributed by atoms with Gasteiger partial charge < -0.3 is 9.26 Å². The molecule has 1 N–H and O–H groups in total. The largest absolute Gasteiger partial charge is 0.491 e. The third-order valence-corrected chi connectivity index (χ3v) is 4.83. The molecule has 2 rings (SSSR count). The Balaban J connectivity index is 1.99. The van der Waals surface area contributed by atoms with Crippen LogP contribution in [0.2, 0.25) is 0 Å². The van der Waals surface area contributed by atoms with Crippen molar-refractivity contribution in [2.45, 2.75) is 45.1 Å². The Morgan fingerprint density at radius 2 is 1.87 bits per heavy atom. The monoisotopic (exact) mass is 338 g/mol. The van der Waals surface area contributed by atoms with Crippen molar-refractivity contribution in [2.24, 2.45) is 0 Å². The number of nitrogens with zero attached hydrogens (tertiary/aromatic N) is 1. The van der Waals surface area contributed by atoms with Gasteiger partial charge in [0.2, 0.25) is 10.0 Å². The molecule has 0 unspecified atom stereocenters. The Morgan fingerprint density at radius 3 is 2.39 bits per heavy atom. The van der Waals surface area contributed by atoms with Crippen molar-refractivity contribution < 1.29 is 17.7 Å². The predicted molar refractivity (Wildman–Crippen MR) is 87.1 cm³/mol. The van der Waals surface area contributed by atoms with Crippen LogP contribution in [0.15, 0.2) is 33.7 Å². The highest BCUT2D eigenvalue weighted by atomic mass is 32.2. The molecule has 0 saturated carbocycles. The van der Waals surface area contributed by atoms with Gasteiger partial charge in [0.25, 0.3) is 0 Å². The molecule has 23 heavy (non-hydrogen) atoms. The van der Waals surface area contributed by atoms with E-state index in [1.165, 1.54) is 12.1 Å². The van der Waals surface area contributed by atoms with Gasteiger partial charge in [-0.15, -0.1) is 0 Å². The number of ether oxygens (including phenoxy) is 1. The van der Waals surface area contributed by atoms with Crippen LogP contribution in [0.1, 0.15) is 30.9 Å². The van der Waals surface area contributed by atoms with Crippen LogP contribution in [0.3, 0.4) is 0 Å². The quantitative estimate of drug-likeness (QED) is 0.839. The Kier molecular flexibility index (Phi) is 5.43. The molecule has 0 saturated heterocycles. The molecule has 0 bridgehead atoms. The lowest BCUT2D eigenvalue weighted by molar-refractivity contribution is 0.242. The summed E-state index contributed by atoms with van der Waals surface area (Å²) in [6, 6.07) is 6.39. The van der Waals surface area contributed by atoms with Gasteiger partial charge in [-0.3, -0.25) is 0 Å². The first-order chi connectivity index (χ1) is 10.8. The summed E-state index contributed by atoms with van der Waals surface area (Å²) in [7, 11) is -3.54. The third kappa shape index (κ3) is 4.56. The van der Waals surface area contributed by atoms with E-state index in [9.17, 15) is 8.42 Å². The van der Waals surface area contributed by atoms with Crippen LogP contribution >= 0.6 is 0 Å². The molecule has 2 aromatic rings. The van der Waals surface area contributed by atoms with Crippen LogP contribution in [0.4, 0.5) is 0 Å². The van der Waals surface area contributed by atoms with Gasteiger partial charge in [0, 0.05) is 12.1 Å². The Morgan fingerprint density at radius 1 is 1.22 bits per heavy atom. The fraction of sp³-hybridized carbons (Fsp3) is 0.438. The van der Waals surface area contributed by atoms with Crippen LogP contribution in [-0.4, -0.2) is 26.2 Å². The molecule has 6 nitrogen and oxygen atoms in total. The summed E-state index contributed by atoms with van der Waals surface area (Å²) in [4.78, 5) is 0.215. The first-order valence-electron chi connectivity index (χ1n) is 7.47. The Hall–Kier alpha value is -1.86. The average Bonchev–Trinajstić information content (AvgIpc) is 2.79. The van der Waals surface area contributed by atoms with Gasteiger partial charge in [0.1, 0.15) is 11.5 Å². The summed E-state index contributed by atoms with van der Waals surface area (Å²) in [5.41, 5.74) is 1.73. The molecule has 0 fully saturated rings. The van der Waals surface area contributed by atoms with E-state index < -0.39 is 10.0 Å². The molecule has 0 radical (unpaired) electrons. The topological polar surface area (TPSA) is 81.4 Å². The molecular formula is C16H22N2O4S. The van der Waals surface area contributed by atoms with E-state index in [0.29, 0.717) is 12.2 Å². The minimum Gasteiger partial charge on any atom is -0.491 e. The van der Waals surface area contributed by atoms with E-state index in [4.69, 9.17) is 9.26 Å². The van der Waals surface area contributed by atoms with Crippen molar-refractivity contribution in [3.8, 4) is 5.75 Å². The van der Waals surface area contributed by atoms with Crippen molar-refractivity contribution in [2.75, 3.05) is 6.54 Å². The molecule has 0 spiro atoms. The highest BCUT2D eigenvalue weighted by Crippen LogP contribution is 2.17. The van der Waals surface area contributed by atoms with Gasteiger partial charge >= 0.3 is 0 Å². The number of nitrogens with one attached hydrogen (secondary N) is 1. The number of sulfonamides is 1. The molecule has 0 aliphatic heterocycles. The van der Waals surface area contributed by atoms with E-state index in [1.807, 2.05) is 27.7 Å². The molecule has 0 amide bonds. The summed E-state index contributed by atoms with van der Waals surface area (Å²) in [6.45, 7) is 7.78. The highest BCUT2D eigenvalue weighted by Gasteiger charge is 2.15. The number of hydrogen-bond donors (Lipinski definition) is 1. The molecule has 0 atom stereocenters. The lowest BCUT2D eigenvalue weighted by Crippen LogP contribution is -2.26. The highest BCUT2D eigenvalue weighted by molar-refractivity contribution is 7.89. The third-order valence-electron chi connectivity index (χ3n) is 3.35. The summed E-state index contributed by atoms with van der Waals surface area (Å²) >= 11 is 0. The molecule has 1 aromatic heterocycles. The maximum absolute atomic E-state index is 12.3. The SMILES string of the molecule is Cc1noc(C)c1CCNS(=O)(=O)c1ccc(OC(C)C)cc1. The fourth-order valence-corrected chi connectivity index (χ4v) is 3.25. The molecule has 126 valence electrons. The second-order valence-electron chi connectivity index (χ2n) is 5.59. The second kappa shape index (κ2) is 7.14. The van der Waals surface area contributed by atoms with E-state index in [0.717, 1.165) is 17.0 Å². The molecule has 0 aliphatic carbocycles. The van der Waals surface area contributed by atoms with Crippen LogP contribution in [0.25, 0.3) is 0 Å². The van der Waals surface area contributed by atoms with Gasteiger partial charge in [-0.1, -0.05) is 5.16 Å². The van der Waals surface area contributed by atoms with Crippen LogP contribution in [-0.2, 0) is 16.4 Å². The molecule has 1 heterocycles. The smallest absolute Gasteiger partial charge is 0.240 e. The Labute approximate surface area is 136 Å². The number of benzene rings is 1. The number of hydrogen-bond acceptors (Lipinski definition) is 5. The van der Waals surface area contributed by atoms with Gasteiger partial charge in [0.15, 0.2) is 0 Å². The lowest BCUT2D eigenvalue weighted by Gasteiger charge is -2.11. The normalized spacial score (nSPS) is 11.9. The van der Waals surface area contributed by atoms with E-state index >= 15 is 0 Å². The standard InChI is InChI=1S/C16H22N2O4S/c1-11(2)21-14-5-7-15(8-6-14)23(19,20)17-10-9-16-12(3)18-22-13(16)4/h5-8,11,17H,9-10H2,1-4H3. The first kappa shape index (κ1) is 17.5. The van der Waals surface area contributed by atoms with Crippen molar-refractivity contribution in [3.05, 3.63) is 41.3 Å². The molecule has 7 heteroatoms. The second-order valence-corrected chi connectivity index (χ2v) is 7.36. The maximum Gasteiger partial charge on any atom is 0.240 e. The maximum atomic E-state index is 12.3. The zero-order valence-corrected chi connectivity index (χ0v) is 14.6. The van der Waals surface area contributed by atoms with Crippen LogP contribution in [0, 0.1) is 13.8 Å². The zero-order chi connectivity index (χ0) is 17.0. The fourth-order valence-electron chi connectivity index (χ4n) is 2.22. The lowest BCUT2D eigenvalue weighted by atomic mass is 10.1. The minimum absolute atomic E-state index is 0.0469. The van der Waals surface area contributed by atoms with Crippen molar-refractivity contribution >= 4 is 10.0 Å².